The van der Waals surface area contributed by atoms with Crippen molar-refractivity contribution in [1.29, 1.82) is 0 Å². The third-order valence-electron chi connectivity index (χ3n) is 8.98. The Bertz CT molecular complexity index is 469. The van der Waals surface area contributed by atoms with E-state index >= 15 is 0 Å². The first-order chi connectivity index (χ1) is 13.6. The van der Waals surface area contributed by atoms with E-state index in [2.05, 4.69) is 27.4 Å². The minimum Gasteiger partial charge on any atom is -0.378 e. The summed E-state index contributed by atoms with van der Waals surface area (Å²) in [5.74, 6) is 3.64. The quantitative estimate of drug-likeness (QED) is 0.342. The van der Waals surface area contributed by atoms with Gasteiger partial charge in [0.2, 0.25) is 0 Å². The van der Waals surface area contributed by atoms with Crippen LogP contribution < -0.4 is 0 Å². The van der Waals surface area contributed by atoms with Gasteiger partial charge < -0.3 is 4.74 Å². The summed E-state index contributed by atoms with van der Waals surface area (Å²) in [6, 6.07) is 0. The van der Waals surface area contributed by atoms with Crippen molar-refractivity contribution in [3.05, 3.63) is 12.2 Å². The molecule has 1 saturated heterocycles. The summed E-state index contributed by atoms with van der Waals surface area (Å²) in [7, 11) is 0. The average molecular weight is 389 g/mol. The lowest BCUT2D eigenvalue weighted by Gasteiger charge is -2.35. The zero-order valence-electron chi connectivity index (χ0n) is 19.3. The smallest absolute Gasteiger partial charge is 0.0578 e. The van der Waals surface area contributed by atoms with Gasteiger partial charge in [-0.2, -0.15) is 0 Å². The molecule has 2 saturated carbocycles. The topological polar surface area (TPSA) is 9.23 Å². The van der Waals surface area contributed by atoms with E-state index in [9.17, 15) is 0 Å². The number of allylic oxidation sites excluding steroid dienone is 1. The predicted octanol–water partition coefficient (Wildman–Crippen LogP) is 8.33. The Morgan fingerprint density at radius 3 is 2.43 bits per heavy atom. The van der Waals surface area contributed by atoms with Crippen LogP contribution in [0.5, 0.6) is 0 Å². The molecule has 3 rings (SSSR count). The highest BCUT2D eigenvalue weighted by Crippen LogP contribution is 2.50. The Hall–Kier alpha value is -0.300. The van der Waals surface area contributed by atoms with E-state index in [0.29, 0.717) is 11.5 Å². The molecule has 1 aliphatic heterocycles. The molecule has 28 heavy (non-hydrogen) atoms. The fourth-order valence-corrected chi connectivity index (χ4v) is 7.15. The largest absolute Gasteiger partial charge is 0.378 e. The van der Waals surface area contributed by atoms with E-state index in [1.165, 1.54) is 96.3 Å². The van der Waals surface area contributed by atoms with Crippen molar-refractivity contribution in [2.45, 2.75) is 123 Å². The van der Waals surface area contributed by atoms with Crippen LogP contribution in [-0.2, 0) is 4.74 Å². The van der Waals surface area contributed by atoms with Gasteiger partial charge in [0.1, 0.15) is 0 Å². The molecule has 3 fully saturated rings. The molecular formula is C27H48O. The maximum atomic E-state index is 6.22. The maximum absolute atomic E-state index is 6.22. The van der Waals surface area contributed by atoms with Crippen LogP contribution in [0.2, 0.25) is 0 Å². The van der Waals surface area contributed by atoms with Crippen molar-refractivity contribution in [3.63, 3.8) is 0 Å². The molecule has 0 aromatic rings. The highest BCUT2D eigenvalue weighted by atomic mass is 16.5. The van der Waals surface area contributed by atoms with Crippen molar-refractivity contribution in [3.8, 4) is 0 Å². The second kappa shape index (κ2) is 10.6. The lowest BCUT2D eigenvalue weighted by Crippen LogP contribution is -2.28. The van der Waals surface area contributed by atoms with E-state index in [-0.39, 0.29) is 0 Å². The number of hydrogen-bond acceptors (Lipinski definition) is 1. The summed E-state index contributed by atoms with van der Waals surface area (Å²) in [5, 5.41) is 0. The molecule has 0 bridgehead atoms. The van der Waals surface area contributed by atoms with Gasteiger partial charge in [0.25, 0.3) is 0 Å². The first kappa shape index (κ1) is 22.4. The van der Waals surface area contributed by atoms with Crippen LogP contribution in [0, 0.1) is 29.1 Å². The normalized spacial score (nSPS) is 33.8. The Morgan fingerprint density at radius 1 is 1.04 bits per heavy atom. The predicted molar refractivity (Wildman–Crippen MR) is 122 cm³/mol. The molecular weight excluding hydrogens is 340 g/mol. The summed E-state index contributed by atoms with van der Waals surface area (Å²) >= 11 is 0. The second-order valence-electron chi connectivity index (χ2n) is 10.8. The summed E-state index contributed by atoms with van der Waals surface area (Å²) in [6.07, 6.45) is 21.1. The van der Waals surface area contributed by atoms with Crippen LogP contribution in [0.25, 0.3) is 0 Å². The van der Waals surface area contributed by atoms with Crippen molar-refractivity contribution in [2.24, 2.45) is 29.1 Å². The molecule has 5 atom stereocenters. The highest BCUT2D eigenvalue weighted by Gasteiger charge is 2.39. The van der Waals surface area contributed by atoms with Crippen LogP contribution in [-0.4, -0.2) is 12.7 Å². The molecule has 2 aliphatic carbocycles. The van der Waals surface area contributed by atoms with Gasteiger partial charge in [-0.05, 0) is 93.3 Å². The second-order valence-corrected chi connectivity index (χ2v) is 10.8. The first-order valence-electron chi connectivity index (χ1n) is 12.9. The molecule has 0 amide bonds. The van der Waals surface area contributed by atoms with Crippen LogP contribution in [0.1, 0.15) is 117 Å². The fourth-order valence-electron chi connectivity index (χ4n) is 7.15. The molecule has 0 N–H and O–H groups in total. The van der Waals surface area contributed by atoms with Gasteiger partial charge in [0, 0.05) is 6.61 Å². The van der Waals surface area contributed by atoms with E-state index in [4.69, 9.17) is 4.74 Å². The maximum Gasteiger partial charge on any atom is 0.0578 e. The van der Waals surface area contributed by atoms with Gasteiger partial charge in [0.05, 0.1) is 6.10 Å². The standard InChI is InChI=1S/C27H48O/c1-5-22-17-23(6-2)26(18-22)24(19-25-12-8-11-15-28-25)16-21(4)20-27(7-3)13-9-10-14-27/h22-26H,4-20H2,1-3H3. The Labute approximate surface area is 176 Å². The summed E-state index contributed by atoms with van der Waals surface area (Å²) in [5.41, 5.74) is 2.16. The lowest BCUT2D eigenvalue weighted by molar-refractivity contribution is -0.00677. The number of ether oxygens (including phenoxy) is 1. The molecule has 0 aromatic heterocycles. The summed E-state index contributed by atoms with van der Waals surface area (Å²) in [6.45, 7) is 12.9. The fraction of sp³-hybridized carbons (Fsp3) is 0.926. The molecule has 0 radical (unpaired) electrons. The number of rotatable bonds is 10. The molecule has 0 aromatic carbocycles. The zero-order chi connectivity index (χ0) is 20.0. The van der Waals surface area contributed by atoms with E-state index in [0.717, 1.165) is 30.3 Å². The molecule has 1 heteroatoms. The Kier molecular flexibility index (Phi) is 8.51. The number of hydrogen-bond donors (Lipinski definition) is 0. The van der Waals surface area contributed by atoms with Crippen molar-refractivity contribution in [1.82, 2.24) is 0 Å². The van der Waals surface area contributed by atoms with Crippen molar-refractivity contribution < 1.29 is 4.74 Å². The van der Waals surface area contributed by atoms with Gasteiger partial charge in [-0.15, -0.1) is 0 Å². The minimum atomic E-state index is 0.524. The van der Waals surface area contributed by atoms with Gasteiger partial charge in [-0.25, -0.2) is 0 Å². The van der Waals surface area contributed by atoms with E-state index in [1.54, 1.807) is 5.57 Å². The summed E-state index contributed by atoms with van der Waals surface area (Å²) in [4.78, 5) is 0. The Morgan fingerprint density at radius 2 is 1.82 bits per heavy atom. The molecule has 3 aliphatic rings. The molecule has 162 valence electrons. The van der Waals surface area contributed by atoms with Gasteiger partial charge >= 0.3 is 0 Å². The molecule has 5 unspecified atom stereocenters. The first-order valence-corrected chi connectivity index (χ1v) is 12.9. The van der Waals surface area contributed by atoms with Crippen molar-refractivity contribution in [2.75, 3.05) is 6.61 Å². The van der Waals surface area contributed by atoms with E-state index in [1.807, 2.05) is 0 Å². The minimum absolute atomic E-state index is 0.524. The van der Waals surface area contributed by atoms with Crippen LogP contribution >= 0.6 is 0 Å². The highest BCUT2D eigenvalue weighted by molar-refractivity contribution is 5.05. The van der Waals surface area contributed by atoms with Gasteiger partial charge in [0.15, 0.2) is 0 Å². The lowest BCUT2D eigenvalue weighted by atomic mass is 9.72. The molecule has 1 heterocycles. The third kappa shape index (κ3) is 5.65. The zero-order valence-corrected chi connectivity index (χ0v) is 19.3. The van der Waals surface area contributed by atoms with Crippen LogP contribution in [0.4, 0.5) is 0 Å². The SMILES string of the molecule is C=C(CC(CC1CCCCO1)C1CC(CC)CC1CC)CC1(CC)CCCC1. The van der Waals surface area contributed by atoms with Crippen molar-refractivity contribution >= 4 is 0 Å². The van der Waals surface area contributed by atoms with Crippen LogP contribution in [0.3, 0.4) is 0 Å². The molecule has 1 nitrogen and oxygen atoms in total. The Balaban J connectivity index is 1.67. The van der Waals surface area contributed by atoms with E-state index < -0.39 is 0 Å². The van der Waals surface area contributed by atoms with Gasteiger partial charge in [-0.1, -0.05) is 65.0 Å². The average Bonchev–Trinajstić information content (AvgIpc) is 3.35. The monoisotopic (exact) mass is 388 g/mol. The van der Waals surface area contributed by atoms with Gasteiger partial charge in [-0.3, -0.25) is 0 Å². The molecule has 0 spiro atoms. The summed E-state index contributed by atoms with van der Waals surface area (Å²) < 4.78 is 6.22. The van der Waals surface area contributed by atoms with Crippen LogP contribution in [0.15, 0.2) is 12.2 Å². The third-order valence-corrected chi connectivity index (χ3v) is 8.98.